The Morgan fingerprint density at radius 3 is 2.74 bits per heavy atom. The first-order valence-corrected chi connectivity index (χ1v) is 11.4. The molecule has 2 aliphatic rings. The molecule has 2 aliphatic heterocycles. The van der Waals surface area contributed by atoms with Crippen LogP contribution in [0.5, 0.6) is 0 Å². The van der Waals surface area contributed by atoms with Gasteiger partial charge in [0.05, 0.1) is 36.6 Å². The van der Waals surface area contributed by atoms with E-state index in [1.54, 1.807) is 23.2 Å². The second-order valence-corrected chi connectivity index (χ2v) is 9.67. The van der Waals surface area contributed by atoms with Crippen LogP contribution < -0.4 is 10.6 Å². The largest absolute Gasteiger partial charge is 0.395 e. The van der Waals surface area contributed by atoms with Crippen molar-refractivity contribution in [3.8, 4) is 17.3 Å². The molecule has 0 amide bonds. The standard InChI is InChI=1S/C26H26F2N6O/c1-16-3-4-17(11-34-13-26(27,28)14-34)7-22(16)33-24-30-6-5-21(32-24)18-8-19(10-29)23-20(9-18)25(2,15-35)12-31-23/h3-9,31,35H,11-15H2,1-2H3,(H,30,32,33)/t25-/m1/s1. The van der Waals surface area contributed by atoms with Crippen LogP contribution in [-0.2, 0) is 12.0 Å². The van der Waals surface area contributed by atoms with Crippen molar-refractivity contribution in [3.05, 3.63) is 64.8 Å². The summed E-state index contributed by atoms with van der Waals surface area (Å²) in [6.45, 7) is 4.45. The third-order valence-electron chi connectivity index (χ3n) is 6.73. The summed E-state index contributed by atoms with van der Waals surface area (Å²) in [5.74, 6) is -2.20. The zero-order valence-corrected chi connectivity index (χ0v) is 19.6. The van der Waals surface area contributed by atoms with Gasteiger partial charge in [0.15, 0.2) is 0 Å². The lowest BCUT2D eigenvalue weighted by molar-refractivity contribution is -0.133. The Morgan fingerprint density at radius 1 is 1.23 bits per heavy atom. The third-order valence-corrected chi connectivity index (χ3v) is 6.73. The lowest BCUT2D eigenvalue weighted by Crippen LogP contribution is -2.55. The first kappa shape index (κ1) is 23.1. The van der Waals surface area contributed by atoms with E-state index in [0.717, 1.165) is 33.6 Å². The molecule has 1 saturated heterocycles. The minimum Gasteiger partial charge on any atom is -0.395 e. The molecule has 0 bridgehead atoms. The number of benzene rings is 2. The number of hydrogen-bond acceptors (Lipinski definition) is 7. The highest BCUT2D eigenvalue weighted by atomic mass is 19.3. The third kappa shape index (κ3) is 4.43. The molecule has 3 N–H and O–H groups in total. The number of likely N-dealkylation sites (tertiary alicyclic amines) is 1. The molecule has 3 aromatic rings. The number of halogens is 2. The number of nitriles is 1. The maximum atomic E-state index is 13.2. The molecule has 0 saturated carbocycles. The van der Waals surface area contributed by atoms with E-state index in [9.17, 15) is 19.1 Å². The maximum absolute atomic E-state index is 13.2. The van der Waals surface area contributed by atoms with Crippen LogP contribution in [0.15, 0.2) is 42.6 Å². The molecule has 3 heterocycles. The number of aromatic nitrogens is 2. The van der Waals surface area contributed by atoms with Crippen LogP contribution in [0.1, 0.15) is 29.2 Å². The number of aliphatic hydroxyl groups is 1. The van der Waals surface area contributed by atoms with Crippen molar-refractivity contribution in [1.82, 2.24) is 14.9 Å². The Balaban J connectivity index is 1.42. The van der Waals surface area contributed by atoms with Gasteiger partial charge in [-0.05, 0) is 47.9 Å². The number of aryl methyl sites for hydroxylation is 1. The molecule has 7 nitrogen and oxygen atoms in total. The number of anilines is 3. The molecular weight excluding hydrogens is 450 g/mol. The van der Waals surface area contributed by atoms with Gasteiger partial charge in [-0.2, -0.15) is 5.26 Å². The minimum absolute atomic E-state index is 0.0391. The van der Waals surface area contributed by atoms with Gasteiger partial charge in [-0.15, -0.1) is 0 Å². The summed E-state index contributed by atoms with van der Waals surface area (Å²) in [5, 5.41) is 26.1. The van der Waals surface area contributed by atoms with Crippen molar-refractivity contribution in [1.29, 1.82) is 5.26 Å². The van der Waals surface area contributed by atoms with Crippen LogP contribution in [0.25, 0.3) is 11.3 Å². The number of rotatable bonds is 6. The highest BCUT2D eigenvalue weighted by Crippen LogP contribution is 2.41. The molecular formula is C26H26F2N6O. The van der Waals surface area contributed by atoms with Gasteiger partial charge < -0.3 is 15.7 Å². The second kappa shape index (κ2) is 8.56. The molecule has 0 radical (unpaired) electrons. The molecule has 0 spiro atoms. The molecule has 0 unspecified atom stereocenters. The van der Waals surface area contributed by atoms with Gasteiger partial charge in [0.2, 0.25) is 5.95 Å². The van der Waals surface area contributed by atoms with E-state index < -0.39 is 11.3 Å². The van der Waals surface area contributed by atoms with Gasteiger partial charge in [0, 0.05) is 36.0 Å². The molecule has 1 aromatic heterocycles. The SMILES string of the molecule is Cc1ccc(CN2CC(F)(F)C2)cc1Nc1nccc(-c2cc(C#N)c3c(c2)[C@@](C)(CO)CN3)n1. The predicted octanol–water partition coefficient (Wildman–Crippen LogP) is 4.19. The Kier molecular flexibility index (Phi) is 5.66. The van der Waals surface area contributed by atoms with Crippen molar-refractivity contribution in [3.63, 3.8) is 0 Å². The summed E-state index contributed by atoms with van der Waals surface area (Å²) in [6, 6.07) is 13.6. The molecule has 2 aromatic carbocycles. The van der Waals surface area contributed by atoms with Crippen molar-refractivity contribution in [2.24, 2.45) is 0 Å². The van der Waals surface area contributed by atoms with E-state index in [4.69, 9.17) is 0 Å². The van der Waals surface area contributed by atoms with Crippen LogP contribution in [0.3, 0.4) is 0 Å². The summed E-state index contributed by atoms with van der Waals surface area (Å²) in [7, 11) is 0. The Labute approximate surface area is 202 Å². The molecule has 35 heavy (non-hydrogen) atoms. The molecule has 5 rings (SSSR count). The zero-order chi connectivity index (χ0) is 24.8. The van der Waals surface area contributed by atoms with E-state index >= 15 is 0 Å². The first-order valence-electron chi connectivity index (χ1n) is 11.4. The molecule has 1 fully saturated rings. The van der Waals surface area contributed by atoms with Gasteiger partial charge >= 0.3 is 0 Å². The fraction of sp³-hybridized carbons (Fsp3) is 0.346. The van der Waals surface area contributed by atoms with E-state index in [1.165, 1.54) is 0 Å². The summed E-state index contributed by atoms with van der Waals surface area (Å²) in [6.07, 6.45) is 1.65. The minimum atomic E-state index is -2.59. The Hall–Kier alpha value is -3.61. The predicted molar refractivity (Wildman–Crippen MR) is 130 cm³/mol. The van der Waals surface area contributed by atoms with Crippen molar-refractivity contribution < 1.29 is 13.9 Å². The van der Waals surface area contributed by atoms with E-state index in [-0.39, 0.29) is 19.7 Å². The number of aliphatic hydroxyl groups excluding tert-OH is 1. The van der Waals surface area contributed by atoms with Gasteiger partial charge in [-0.25, -0.2) is 18.7 Å². The summed E-state index contributed by atoms with van der Waals surface area (Å²) < 4.78 is 26.4. The zero-order valence-electron chi connectivity index (χ0n) is 19.6. The molecule has 180 valence electrons. The normalized spacial score (nSPS) is 20.5. The molecule has 1 atom stereocenters. The number of alkyl halides is 2. The average molecular weight is 477 g/mol. The lowest BCUT2D eigenvalue weighted by atomic mass is 9.83. The number of nitrogens with one attached hydrogen (secondary N) is 2. The summed E-state index contributed by atoms with van der Waals surface area (Å²) >= 11 is 0. The van der Waals surface area contributed by atoms with Crippen LogP contribution in [-0.4, -0.2) is 52.1 Å². The van der Waals surface area contributed by atoms with E-state index in [2.05, 4.69) is 26.7 Å². The van der Waals surface area contributed by atoms with Gasteiger partial charge in [0.1, 0.15) is 6.07 Å². The van der Waals surface area contributed by atoms with Gasteiger partial charge in [0.25, 0.3) is 5.92 Å². The van der Waals surface area contributed by atoms with E-state index in [1.807, 2.05) is 38.1 Å². The molecule has 0 aliphatic carbocycles. The van der Waals surface area contributed by atoms with Crippen molar-refractivity contribution in [2.45, 2.75) is 31.7 Å². The van der Waals surface area contributed by atoms with Crippen LogP contribution in [0.4, 0.5) is 26.1 Å². The smallest absolute Gasteiger partial charge is 0.272 e. The van der Waals surface area contributed by atoms with Crippen LogP contribution in [0, 0.1) is 18.3 Å². The van der Waals surface area contributed by atoms with Crippen LogP contribution in [0.2, 0.25) is 0 Å². The van der Waals surface area contributed by atoms with Crippen molar-refractivity contribution in [2.75, 3.05) is 36.9 Å². The number of nitrogens with zero attached hydrogens (tertiary/aromatic N) is 4. The topological polar surface area (TPSA) is 97.1 Å². The second-order valence-electron chi connectivity index (χ2n) is 9.67. The summed E-state index contributed by atoms with van der Waals surface area (Å²) in [4.78, 5) is 10.7. The number of fused-ring (bicyclic) bond motifs is 1. The maximum Gasteiger partial charge on any atom is 0.272 e. The average Bonchev–Trinajstić information content (AvgIpc) is 3.17. The van der Waals surface area contributed by atoms with Crippen molar-refractivity contribution >= 4 is 17.3 Å². The van der Waals surface area contributed by atoms with Gasteiger partial charge in [-0.1, -0.05) is 19.1 Å². The number of hydrogen-bond donors (Lipinski definition) is 3. The highest BCUT2D eigenvalue weighted by molar-refractivity contribution is 5.76. The fourth-order valence-electron chi connectivity index (χ4n) is 4.64. The quantitative estimate of drug-likeness (QED) is 0.491. The van der Waals surface area contributed by atoms with E-state index in [0.29, 0.717) is 30.3 Å². The monoisotopic (exact) mass is 476 g/mol. The highest BCUT2D eigenvalue weighted by Gasteiger charge is 2.43. The lowest BCUT2D eigenvalue weighted by Gasteiger charge is -2.38. The fourth-order valence-corrected chi connectivity index (χ4v) is 4.64. The summed E-state index contributed by atoms with van der Waals surface area (Å²) in [5.41, 5.74) is 5.78. The Morgan fingerprint density at radius 2 is 2.03 bits per heavy atom. The van der Waals surface area contributed by atoms with Crippen LogP contribution >= 0.6 is 0 Å². The molecule has 9 heteroatoms. The van der Waals surface area contributed by atoms with Gasteiger partial charge in [-0.3, -0.25) is 4.90 Å². The first-order chi connectivity index (χ1) is 16.7. The Bertz CT molecular complexity index is 1330.